The third kappa shape index (κ3) is 7.71. The zero-order valence-electron chi connectivity index (χ0n) is 20.1. The second-order valence-corrected chi connectivity index (χ2v) is 12.1. The average Bonchev–Trinajstić information content (AvgIpc) is 2.80. The van der Waals surface area contributed by atoms with Crippen LogP contribution in [0.15, 0.2) is 51.8 Å². The Kier molecular flexibility index (Phi) is 9.65. The fourth-order valence-electron chi connectivity index (χ4n) is 3.43. The highest BCUT2D eigenvalue weighted by atomic mass is 79.9. The minimum absolute atomic E-state index is 0.0952. The van der Waals surface area contributed by atoms with Gasteiger partial charge in [0, 0.05) is 36.3 Å². The fraction of sp³-hybridized carbons (Fsp3) is 0.417. The topological polar surface area (TPSA) is 91.0 Å². The summed E-state index contributed by atoms with van der Waals surface area (Å²) in [6, 6.07) is 11.6. The molecular formula is C24H31BrN4O4S2. The molecule has 0 aromatic heterocycles. The molecule has 0 spiro atoms. The van der Waals surface area contributed by atoms with Gasteiger partial charge in [-0.15, -0.1) is 0 Å². The highest BCUT2D eigenvalue weighted by molar-refractivity contribution is 9.10. The van der Waals surface area contributed by atoms with Gasteiger partial charge in [0.1, 0.15) is 5.75 Å². The molecule has 0 aliphatic carbocycles. The first-order valence-corrected chi connectivity index (χ1v) is 14.0. The zero-order valence-corrected chi connectivity index (χ0v) is 23.3. The predicted molar refractivity (Wildman–Crippen MR) is 145 cm³/mol. The van der Waals surface area contributed by atoms with Crippen molar-refractivity contribution in [1.82, 2.24) is 14.5 Å². The quantitative estimate of drug-likeness (QED) is 0.455. The number of thiocarbonyl (C=S) groups is 1. The molecule has 2 aromatic carbocycles. The van der Waals surface area contributed by atoms with E-state index in [0.717, 1.165) is 10.9 Å². The molecule has 0 unspecified atom stereocenters. The summed E-state index contributed by atoms with van der Waals surface area (Å²) >= 11 is 8.69. The molecular weight excluding hydrogens is 552 g/mol. The molecule has 2 N–H and O–H groups in total. The number of carbonyl (C=O) groups is 1. The standard InChI is InChI=1S/C24H31BrN4O4S2/c1-17(2)10-15-33-22-9-4-18(25)16-21(22)23(30)27-24(34)26-19-5-7-20(8-6-19)35(31,32)29-13-11-28(3)12-14-29/h4-9,16-17H,10-15H2,1-3H3,(H2,26,27,30,34). The third-order valence-electron chi connectivity index (χ3n) is 5.58. The number of rotatable bonds is 8. The van der Waals surface area contributed by atoms with Crippen molar-refractivity contribution in [2.24, 2.45) is 5.92 Å². The summed E-state index contributed by atoms with van der Waals surface area (Å²) in [7, 11) is -1.57. The van der Waals surface area contributed by atoms with Crippen LogP contribution in [0.4, 0.5) is 5.69 Å². The monoisotopic (exact) mass is 582 g/mol. The van der Waals surface area contributed by atoms with Crippen molar-refractivity contribution in [3.63, 3.8) is 0 Å². The summed E-state index contributed by atoms with van der Waals surface area (Å²) in [6.45, 7) is 7.06. The van der Waals surface area contributed by atoms with E-state index in [2.05, 4.69) is 45.3 Å². The van der Waals surface area contributed by atoms with Crippen LogP contribution in [0.1, 0.15) is 30.6 Å². The lowest BCUT2D eigenvalue weighted by atomic mass is 10.1. The average molecular weight is 584 g/mol. The molecule has 1 aliphatic rings. The van der Waals surface area contributed by atoms with Crippen molar-refractivity contribution in [2.75, 3.05) is 45.2 Å². The largest absolute Gasteiger partial charge is 0.493 e. The number of sulfonamides is 1. The van der Waals surface area contributed by atoms with Gasteiger partial charge in [-0.3, -0.25) is 10.1 Å². The molecule has 0 atom stereocenters. The van der Waals surface area contributed by atoms with Crippen molar-refractivity contribution >= 4 is 54.9 Å². The molecule has 1 saturated heterocycles. The molecule has 1 aliphatic heterocycles. The maximum atomic E-state index is 12.9. The zero-order chi connectivity index (χ0) is 25.6. The van der Waals surface area contributed by atoms with Gasteiger partial charge in [0.05, 0.1) is 17.1 Å². The summed E-state index contributed by atoms with van der Waals surface area (Å²) in [4.78, 5) is 15.2. The number of nitrogens with one attached hydrogen (secondary N) is 2. The number of benzene rings is 2. The van der Waals surface area contributed by atoms with Crippen molar-refractivity contribution in [2.45, 2.75) is 25.2 Å². The molecule has 0 saturated carbocycles. The first kappa shape index (κ1) is 27.5. The highest BCUT2D eigenvalue weighted by Crippen LogP contribution is 2.24. The van der Waals surface area contributed by atoms with E-state index >= 15 is 0 Å². The number of hydrogen-bond donors (Lipinski definition) is 2. The second-order valence-electron chi connectivity index (χ2n) is 8.81. The van der Waals surface area contributed by atoms with Crippen LogP contribution in [0.5, 0.6) is 5.75 Å². The van der Waals surface area contributed by atoms with Crippen molar-refractivity contribution in [1.29, 1.82) is 0 Å². The molecule has 2 aromatic rings. The summed E-state index contributed by atoms with van der Waals surface area (Å²) in [6.07, 6.45) is 0.873. The maximum absolute atomic E-state index is 12.9. The number of carbonyl (C=O) groups excluding carboxylic acids is 1. The normalized spacial score (nSPS) is 15.1. The fourth-order valence-corrected chi connectivity index (χ4v) is 5.42. The molecule has 190 valence electrons. The first-order chi connectivity index (χ1) is 16.6. The van der Waals surface area contributed by atoms with E-state index in [1.165, 1.54) is 16.4 Å². The number of ether oxygens (including phenoxy) is 1. The van der Waals surface area contributed by atoms with Gasteiger partial charge in [-0.25, -0.2) is 8.42 Å². The minimum Gasteiger partial charge on any atom is -0.493 e. The Morgan fingerprint density at radius 1 is 1.11 bits per heavy atom. The van der Waals surface area contributed by atoms with Crippen molar-refractivity contribution < 1.29 is 17.9 Å². The number of anilines is 1. The van der Waals surface area contributed by atoms with Gasteiger partial charge in [-0.05, 0) is 74.1 Å². The predicted octanol–water partition coefficient (Wildman–Crippen LogP) is 3.94. The minimum atomic E-state index is -3.55. The van der Waals surface area contributed by atoms with E-state index in [-0.39, 0.29) is 10.0 Å². The van der Waals surface area contributed by atoms with Crippen LogP contribution >= 0.6 is 28.1 Å². The number of nitrogens with zero attached hydrogens (tertiary/aromatic N) is 2. The number of piperazine rings is 1. The lowest BCUT2D eigenvalue weighted by Gasteiger charge is -2.31. The number of hydrogen-bond acceptors (Lipinski definition) is 6. The number of halogens is 1. The van der Waals surface area contributed by atoms with Crippen LogP contribution in [-0.4, -0.2) is 68.5 Å². The number of amides is 1. The Morgan fingerprint density at radius 2 is 1.77 bits per heavy atom. The Labute approximate surface area is 221 Å². The van der Waals surface area contributed by atoms with Crippen LogP contribution in [0.25, 0.3) is 0 Å². The molecule has 0 bridgehead atoms. The smallest absolute Gasteiger partial charge is 0.261 e. The summed E-state index contributed by atoms with van der Waals surface area (Å²) in [5.74, 6) is 0.563. The van der Waals surface area contributed by atoms with Crippen LogP contribution in [-0.2, 0) is 10.0 Å². The van der Waals surface area contributed by atoms with Gasteiger partial charge in [-0.2, -0.15) is 4.31 Å². The lowest BCUT2D eigenvalue weighted by molar-refractivity contribution is 0.0973. The van der Waals surface area contributed by atoms with Crippen LogP contribution < -0.4 is 15.4 Å². The second kappa shape index (κ2) is 12.3. The molecule has 1 heterocycles. The van der Waals surface area contributed by atoms with Crippen molar-refractivity contribution in [3.8, 4) is 5.75 Å². The molecule has 35 heavy (non-hydrogen) atoms. The van der Waals surface area contributed by atoms with Crippen LogP contribution in [0.2, 0.25) is 0 Å². The molecule has 0 radical (unpaired) electrons. The van der Waals surface area contributed by atoms with Gasteiger partial charge in [0.2, 0.25) is 10.0 Å². The Morgan fingerprint density at radius 3 is 2.40 bits per heavy atom. The molecule has 1 fully saturated rings. The van der Waals surface area contributed by atoms with Gasteiger partial charge < -0.3 is 15.0 Å². The highest BCUT2D eigenvalue weighted by Gasteiger charge is 2.27. The lowest BCUT2D eigenvalue weighted by Crippen LogP contribution is -2.46. The summed E-state index contributed by atoms with van der Waals surface area (Å²) < 4.78 is 33.8. The number of likely N-dealkylation sites (N-methyl/N-ethyl adjacent to an activating group) is 1. The molecule has 3 rings (SSSR count). The SMILES string of the molecule is CC(C)CCOc1ccc(Br)cc1C(=O)NC(=S)Nc1ccc(S(=O)(=O)N2CCN(C)CC2)cc1. The third-order valence-corrected chi connectivity index (χ3v) is 8.19. The maximum Gasteiger partial charge on any atom is 0.261 e. The van der Waals surface area contributed by atoms with E-state index in [1.54, 1.807) is 24.3 Å². The molecule has 8 nitrogen and oxygen atoms in total. The Bertz CT molecular complexity index is 1150. The van der Waals surface area contributed by atoms with Gasteiger partial charge in [0.25, 0.3) is 5.91 Å². The first-order valence-electron chi connectivity index (χ1n) is 11.4. The molecule has 11 heteroatoms. The van der Waals surface area contributed by atoms with Gasteiger partial charge in [0.15, 0.2) is 5.11 Å². The molecule has 1 amide bonds. The van der Waals surface area contributed by atoms with Crippen LogP contribution in [0, 0.1) is 5.92 Å². The van der Waals surface area contributed by atoms with E-state index in [1.807, 2.05) is 13.1 Å². The van der Waals surface area contributed by atoms with E-state index in [0.29, 0.717) is 55.7 Å². The van der Waals surface area contributed by atoms with Crippen LogP contribution in [0.3, 0.4) is 0 Å². The summed E-state index contributed by atoms with van der Waals surface area (Å²) in [5.41, 5.74) is 0.927. The van der Waals surface area contributed by atoms with Gasteiger partial charge in [-0.1, -0.05) is 29.8 Å². The van der Waals surface area contributed by atoms with Gasteiger partial charge >= 0.3 is 0 Å². The van der Waals surface area contributed by atoms with E-state index < -0.39 is 15.9 Å². The Balaban J connectivity index is 1.62. The Hall–Kier alpha value is -2.05. The summed E-state index contributed by atoms with van der Waals surface area (Å²) in [5, 5.41) is 5.69. The van der Waals surface area contributed by atoms with E-state index in [9.17, 15) is 13.2 Å². The van der Waals surface area contributed by atoms with E-state index in [4.69, 9.17) is 17.0 Å². The van der Waals surface area contributed by atoms with Crippen molar-refractivity contribution in [3.05, 3.63) is 52.5 Å².